The lowest BCUT2D eigenvalue weighted by Crippen LogP contribution is -2.15. The molecule has 0 aliphatic heterocycles. The average Bonchev–Trinajstić information content (AvgIpc) is 2.15. The van der Waals surface area contributed by atoms with Crippen LogP contribution in [0, 0.1) is 0 Å². The van der Waals surface area contributed by atoms with Gasteiger partial charge in [-0.25, -0.2) is 8.78 Å². The van der Waals surface area contributed by atoms with Crippen LogP contribution in [0.1, 0.15) is 31.1 Å². The predicted octanol–water partition coefficient (Wildman–Crippen LogP) is 2.47. The molecule has 0 spiro atoms. The van der Waals surface area contributed by atoms with Crippen molar-refractivity contribution in [1.29, 1.82) is 0 Å². The van der Waals surface area contributed by atoms with Gasteiger partial charge in [0.15, 0.2) is 0 Å². The van der Waals surface area contributed by atoms with E-state index < -0.39 is 5.92 Å². The molecule has 78 valence electrons. The molecule has 0 amide bonds. The number of pyridine rings is 1. The Labute approximate surface area is 82.4 Å². The molecule has 1 aromatic rings. The van der Waals surface area contributed by atoms with Gasteiger partial charge in [-0.2, -0.15) is 0 Å². The number of nitrogens with zero attached hydrogens (tertiary/aromatic N) is 1. The van der Waals surface area contributed by atoms with Crippen LogP contribution in [0.3, 0.4) is 0 Å². The highest BCUT2D eigenvalue weighted by atomic mass is 19.3. The molecule has 1 heterocycles. The van der Waals surface area contributed by atoms with Crippen LogP contribution in [0.15, 0.2) is 18.3 Å². The van der Waals surface area contributed by atoms with Crippen molar-refractivity contribution in [3.05, 3.63) is 29.6 Å². The maximum atomic E-state index is 13.0. The lowest BCUT2D eigenvalue weighted by Gasteiger charge is -2.14. The lowest BCUT2D eigenvalue weighted by atomic mass is 10.1. The van der Waals surface area contributed by atoms with Gasteiger partial charge >= 0.3 is 0 Å². The number of nitrogens with one attached hydrogen (secondary N) is 1. The van der Waals surface area contributed by atoms with Crippen LogP contribution in [0.5, 0.6) is 0 Å². The molecule has 0 aliphatic rings. The molecule has 0 radical (unpaired) electrons. The van der Waals surface area contributed by atoms with E-state index in [1.54, 1.807) is 7.05 Å². The van der Waals surface area contributed by atoms with Crippen molar-refractivity contribution in [3.63, 3.8) is 0 Å². The van der Waals surface area contributed by atoms with E-state index in [1.807, 2.05) is 6.92 Å². The van der Waals surface area contributed by atoms with Crippen LogP contribution in [0.2, 0.25) is 0 Å². The second kappa shape index (κ2) is 4.00. The van der Waals surface area contributed by atoms with Crippen molar-refractivity contribution < 1.29 is 8.78 Å². The quantitative estimate of drug-likeness (QED) is 0.810. The molecule has 1 N–H and O–H groups in total. The highest BCUT2D eigenvalue weighted by Gasteiger charge is 2.24. The minimum atomic E-state index is -2.80. The van der Waals surface area contributed by atoms with Crippen molar-refractivity contribution in [2.75, 3.05) is 7.05 Å². The third-order valence-corrected chi connectivity index (χ3v) is 2.16. The zero-order valence-corrected chi connectivity index (χ0v) is 8.51. The summed E-state index contributed by atoms with van der Waals surface area (Å²) < 4.78 is 25.9. The normalized spacial score (nSPS) is 14.1. The fourth-order valence-electron chi connectivity index (χ4n) is 1.11. The molecule has 1 unspecified atom stereocenters. The fraction of sp³-hybridized carbons (Fsp3) is 0.500. The van der Waals surface area contributed by atoms with Gasteiger partial charge in [-0.15, -0.1) is 0 Å². The molecule has 1 aromatic heterocycles. The monoisotopic (exact) mass is 200 g/mol. The van der Waals surface area contributed by atoms with Gasteiger partial charge in [0.25, 0.3) is 5.92 Å². The van der Waals surface area contributed by atoms with Crippen molar-refractivity contribution in [2.45, 2.75) is 25.8 Å². The first-order chi connectivity index (χ1) is 6.45. The van der Waals surface area contributed by atoms with Crippen LogP contribution in [0.25, 0.3) is 0 Å². The molecule has 1 rings (SSSR count). The molecule has 0 aliphatic carbocycles. The van der Waals surface area contributed by atoms with Crippen molar-refractivity contribution in [3.8, 4) is 0 Å². The van der Waals surface area contributed by atoms with E-state index in [0.29, 0.717) is 5.69 Å². The smallest absolute Gasteiger partial charge is 0.270 e. The number of rotatable bonds is 3. The summed E-state index contributed by atoms with van der Waals surface area (Å²) in [5.41, 5.74) is 0.635. The SMILES string of the molecule is CNC(C)c1cc(C(C)(F)F)ccn1. The lowest BCUT2D eigenvalue weighted by molar-refractivity contribution is 0.0172. The summed E-state index contributed by atoms with van der Waals surface area (Å²) in [6, 6.07) is 2.75. The van der Waals surface area contributed by atoms with Gasteiger partial charge in [-0.1, -0.05) is 0 Å². The molecule has 0 saturated heterocycles. The van der Waals surface area contributed by atoms with Crippen molar-refractivity contribution >= 4 is 0 Å². The van der Waals surface area contributed by atoms with Crippen LogP contribution in [0.4, 0.5) is 8.78 Å². The highest BCUT2D eigenvalue weighted by molar-refractivity contribution is 5.22. The summed E-state index contributed by atoms with van der Waals surface area (Å²) >= 11 is 0. The van der Waals surface area contributed by atoms with Crippen molar-refractivity contribution in [2.24, 2.45) is 0 Å². The second-order valence-electron chi connectivity index (χ2n) is 3.37. The Balaban J connectivity index is 3.01. The molecule has 1 atom stereocenters. The Hall–Kier alpha value is -1.03. The molecule has 0 aromatic carbocycles. The Kier molecular flexibility index (Phi) is 3.16. The largest absolute Gasteiger partial charge is 0.312 e. The zero-order valence-electron chi connectivity index (χ0n) is 8.51. The first kappa shape index (κ1) is 11.0. The summed E-state index contributed by atoms with van der Waals surface area (Å²) in [6.45, 7) is 2.76. The summed E-state index contributed by atoms with van der Waals surface area (Å²) in [7, 11) is 1.77. The third kappa shape index (κ3) is 2.48. The first-order valence-corrected chi connectivity index (χ1v) is 4.46. The molecule has 0 fully saturated rings. The Morgan fingerprint density at radius 2 is 2.14 bits per heavy atom. The maximum absolute atomic E-state index is 13.0. The van der Waals surface area contributed by atoms with Crippen LogP contribution >= 0.6 is 0 Å². The molecule has 4 heteroatoms. The topological polar surface area (TPSA) is 24.9 Å². The summed E-state index contributed by atoms with van der Waals surface area (Å²) in [5.74, 6) is -2.80. The molecule has 0 bridgehead atoms. The summed E-state index contributed by atoms with van der Waals surface area (Å²) in [6.07, 6.45) is 1.41. The minimum Gasteiger partial charge on any atom is -0.312 e. The van der Waals surface area contributed by atoms with Gasteiger partial charge in [0.2, 0.25) is 0 Å². The Bertz CT molecular complexity index is 307. The van der Waals surface area contributed by atoms with E-state index >= 15 is 0 Å². The number of alkyl halides is 2. The van der Waals surface area contributed by atoms with E-state index in [2.05, 4.69) is 10.3 Å². The van der Waals surface area contributed by atoms with Gasteiger partial charge in [-0.05, 0) is 26.1 Å². The minimum absolute atomic E-state index is 0.00426. The van der Waals surface area contributed by atoms with E-state index in [-0.39, 0.29) is 11.6 Å². The second-order valence-corrected chi connectivity index (χ2v) is 3.37. The summed E-state index contributed by atoms with van der Waals surface area (Å²) in [5, 5.41) is 2.95. The summed E-state index contributed by atoms with van der Waals surface area (Å²) in [4.78, 5) is 4.03. The van der Waals surface area contributed by atoms with Gasteiger partial charge in [0, 0.05) is 24.7 Å². The van der Waals surface area contributed by atoms with Gasteiger partial charge in [0.05, 0.1) is 5.69 Å². The number of halogens is 2. The third-order valence-electron chi connectivity index (χ3n) is 2.16. The van der Waals surface area contributed by atoms with E-state index in [4.69, 9.17) is 0 Å². The van der Waals surface area contributed by atoms with E-state index in [1.165, 1.54) is 18.3 Å². The van der Waals surface area contributed by atoms with Crippen LogP contribution < -0.4 is 5.32 Å². The Morgan fingerprint density at radius 3 is 2.64 bits per heavy atom. The fourth-order valence-corrected chi connectivity index (χ4v) is 1.11. The Morgan fingerprint density at radius 1 is 1.50 bits per heavy atom. The first-order valence-electron chi connectivity index (χ1n) is 4.46. The van der Waals surface area contributed by atoms with Crippen LogP contribution in [-0.4, -0.2) is 12.0 Å². The molecular formula is C10H14F2N2. The molecule has 2 nitrogen and oxygen atoms in total. The van der Waals surface area contributed by atoms with E-state index in [9.17, 15) is 8.78 Å². The van der Waals surface area contributed by atoms with Gasteiger partial charge in [-0.3, -0.25) is 4.98 Å². The van der Waals surface area contributed by atoms with E-state index in [0.717, 1.165) is 6.92 Å². The number of hydrogen-bond donors (Lipinski definition) is 1. The van der Waals surface area contributed by atoms with Gasteiger partial charge in [0.1, 0.15) is 0 Å². The number of hydrogen-bond acceptors (Lipinski definition) is 2. The van der Waals surface area contributed by atoms with Gasteiger partial charge < -0.3 is 5.32 Å². The highest BCUT2D eigenvalue weighted by Crippen LogP contribution is 2.27. The molecule has 14 heavy (non-hydrogen) atoms. The maximum Gasteiger partial charge on any atom is 0.270 e. The molecule has 0 saturated carbocycles. The standard InChI is InChI=1S/C10H14F2N2/c1-7(13-3)9-6-8(4-5-14-9)10(2,11)12/h4-7,13H,1-3H3. The average molecular weight is 200 g/mol. The zero-order chi connectivity index (χ0) is 10.8. The number of aromatic nitrogens is 1. The predicted molar refractivity (Wildman–Crippen MR) is 51.3 cm³/mol. The molecular weight excluding hydrogens is 186 g/mol. The van der Waals surface area contributed by atoms with Crippen LogP contribution in [-0.2, 0) is 5.92 Å². The van der Waals surface area contributed by atoms with Crippen molar-refractivity contribution in [1.82, 2.24) is 10.3 Å².